The third kappa shape index (κ3) is 1.96. The Hall–Kier alpha value is -2.44. The number of fused-ring (bicyclic) bond motifs is 3. The SMILES string of the molecule is COc1cc2c(c3ccccc13)C(=O)N(NCCO)C2=O. The van der Waals surface area contributed by atoms with Gasteiger partial charge in [-0.3, -0.25) is 9.59 Å². The molecule has 0 aromatic heterocycles. The lowest BCUT2D eigenvalue weighted by Crippen LogP contribution is -2.43. The number of hydrogen-bond donors (Lipinski definition) is 2. The average Bonchev–Trinajstić information content (AvgIpc) is 2.76. The summed E-state index contributed by atoms with van der Waals surface area (Å²) in [6.45, 7) is -0.0436. The molecule has 1 aliphatic heterocycles. The number of nitrogens with one attached hydrogen (secondary N) is 1. The lowest BCUT2D eigenvalue weighted by Gasteiger charge is -2.13. The first-order valence-corrected chi connectivity index (χ1v) is 6.52. The summed E-state index contributed by atoms with van der Waals surface area (Å²) in [4.78, 5) is 24.8. The number of carbonyl (C=O) groups is 2. The van der Waals surface area contributed by atoms with Crippen molar-refractivity contribution in [1.29, 1.82) is 0 Å². The normalized spacial score (nSPS) is 13.9. The van der Waals surface area contributed by atoms with Gasteiger partial charge in [0.1, 0.15) is 5.75 Å². The van der Waals surface area contributed by atoms with Gasteiger partial charge >= 0.3 is 0 Å². The Morgan fingerprint density at radius 1 is 1.19 bits per heavy atom. The number of rotatable bonds is 4. The van der Waals surface area contributed by atoms with E-state index in [1.165, 1.54) is 7.11 Å². The minimum absolute atomic E-state index is 0.126. The standard InChI is InChI=1S/C15H14N2O4/c1-21-12-8-11-13(10-5-3-2-4-9(10)12)15(20)17(14(11)19)16-6-7-18/h2-5,8,16,18H,6-7H2,1H3. The Bertz CT molecular complexity index is 742. The number of benzene rings is 2. The second-order valence-corrected chi connectivity index (χ2v) is 4.62. The van der Waals surface area contributed by atoms with Crippen LogP contribution in [0.1, 0.15) is 20.7 Å². The number of amides is 2. The second-order valence-electron chi connectivity index (χ2n) is 4.62. The predicted molar refractivity (Wildman–Crippen MR) is 76.1 cm³/mol. The van der Waals surface area contributed by atoms with Crippen LogP contribution in [-0.4, -0.2) is 42.2 Å². The van der Waals surface area contributed by atoms with Crippen molar-refractivity contribution in [3.8, 4) is 5.75 Å². The van der Waals surface area contributed by atoms with Crippen molar-refractivity contribution in [1.82, 2.24) is 10.4 Å². The summed E-state index contributed by atoms with van der Waals surface area (Å²) in [6.07, 6.45) is 0. The third-order valence-corrected chi connectivity index (χ3v) is 3.46. The van der Waals surface area contributed by atoms with E-state index in [1.807, 2.05) is 18.2 Å². The number of ether oxygens (including phenoxy) is 1. The van der Waals surface area contributed by atoms with Gasteiger partial charge in [0.05, 0.1) is 24.8 Å². The molecule has 2 N–H and O–H groups in total. The fourth-order valence-electron chi connectivity index (χ4n) is 2.54. The first-order valence-electron chi connectivity index (χ1n) is 6.52. The maximum atomic E-state index is 12.4. The monoisotopic (exact) mass is 286 g/mol. The molecule has 0 spiro atoms. The summed E-state index contributed by atoms with van der Waals surface area (Å²) in [7, 11) is 1.52. The lowest BCUT2D eigenvalue weighted by molar-refractivity contribution is 0.0556. The molecule has 108 valence electrons. The zero-order valence-corrected chi connectivity index (χ0v) is 11.4. The molecule has 2 aromatic rings. The minimum atomic E-state index is -0.437. The number of aliphatic hydroxyl groups excluding tert-OH is 1. The maximum absolute atomic E-state index is 12.4. The van der Waals surface area contributed by atoms with E-state index in [0.29, 0.717) is 22.3 Å². The van der Waals surface area contributed by atoms with Crippen LogP contribution in [0.15, 0.2) is 30.3 Å². The summed E-state index contributed by atoms with van der Waals surface area (Å²) in [5.41, 5.74) is 3.29. The molecular formula is C15H14N2O4. The maximum Gasteiger partial charge on any atom is 0.276 e. The predicted octanol–water partition coefficient (Wildman–Crippen LogP) is 0.941. The highest BCUT2D eigenvalue weighted by molar-refractivity contribution is 6.26. The first kappa shape index (κ1) is 13.5. The molecule has 0 bridgehead atoms. The Balaban J connectivity index is 2.21. The van der Waals surface area contributed by atoms with Crippen molar-refractivity contribution in [3.63, 3.8) is 0 Å². The van der Waals surface area contributed by atoms with Crippen molar-refractivity contribution >= 4 is 22.6 Å². The van der Waals surface area contributed by atoms with Crippen LogP contribution in [0.3, 0.4) is 0 Å². The summed E-state index contributed by atoms with van der Waals surface area (Å²) in [6, 6.07) is 8.87. The highest BCUT2D eigenvalue weighted by Gasteiger charge is 2.37. The van der Waals surface area contributed by atoms with Crippen LogP contribution in [0.2, 0.25) is 0 Å². The van der Waals surface area contributed by atoms with E-state index < -0.39 is 11.8 Å². The van der Waals surface area contributed by atoms with Crippen LogP contribution in [-0.2, 0) is 0 Å². The van der Waals surface area contributed by atoms with Gasteiger partial charge < -0.3 is 9.84 Å². The van der Waals surface area contributed by atoms with Gasteiger partial charge in [0.15, 0.2) is 0 Å². The van der Waals surface area contributed by atoms with Gasteiger partial charge in [0, 0.05) is 11.9 Å². The minimum Gasteiger partial charge on any atom is -0.496 e. The van der Waals surface area contributed by atoms with Gasteiger partial charge in [-0.25, -0.2) is 10.4 Å². The van der Waals surface area contributed by atoms with E-state index in [-0.39, 0.29) is 13.2 Å². The number of carbonyl (C=O) groups excluding carboxylic acids is 2. The summed E-state index contributed by atoms with van der Waals surface area (Å²) in [5, 5.41) is 11.2. The van der Waals surface area contributed by atoms with Crippen molar-refractivity contribution in [2.24, 2.45) is 0 Å². The number of methoxy groups -OCH3 is 1. The number of hydrogen-bond acceptors (Lipinski definition) is 5. The largest absolute Gasteiger partial charge is 0.496 e. The summed E-state index contributed by atoms with van der Waals surface area (Å²) < 4.78 is 5.31. The zero-order valence-electron chi connectivity index (χ0n) is 11.4. The molecule has 0 fully saturated rings. The van der Waals surface area contributed by atoms with Gasteiger partial charge in [0.2, 0.25) is 0 Å². The Morgan fingerprint density at radius 2 is 1.90 bits per heavy atom. The van der Waals surface area contributed by atoms with E-state index in [9.17, 15) is 9.59 Å². The van der Waals surface area contributed by atoms with Gasteiger partial charge in [-0.2, -0.15) is 0 Å². The molecule has 3 rings (SSSR count). The number of aliphatic hydroxyl groups is 1. The Labute approximate surface area is 120 Å². The summed E-state index contributed by atoms with van der Waals surface area (Å²) >= 11 is 0. The van der Waals surface area contributed by atoms with Gasteiger partial charge in [-0.05, 0) is 11.5 Å². The van der Waals surface area contributed by atoms with E-state index in [4.69, 9.17) is 9.84 Å². The molecule has 0 radical (unpaired) electrons. The Morgan fingerprint density at radius 3 is 2.57 bits per heavy atom. The van der Waals surface area contributed by atoms with Gasteiger partial charge in [0.25, 0.3) is 11.8 Å². The van der Waals surface area contributed by atoms with E-state index in [2.05, 4.69) is 5.43 Å². The number of imide groups is 1. The average molecular weight is 286 g/mol. The van der Waals surface area contributed by atoms with Crippen LogP contribution in [0.25, 0.3) is 10.8 Å². The molecule has 6 nitrogen and oxygen atoms in total. The third-order valence-electron chi connectivity index (χ3n) is 3.46. The van der Waals surface area contributed by atoms with Crippen LogP contribution in [0.5, 0.6) is 5.75 Å². The van der Waals surface area contributed by atoms with E-state index in [1.54, 1.807) is 12.1 Å². The molecule has 0 unspecified atom stereocenters. The number of nitrogens with zero attached hydrogens (tertiary/aromatic N) is 1. The topological polar surface area (TPSA) is 78.9 Å². The van der Waals surface area contributed by atoms with Crippen molar-refractivity contribution < 1.29 is 19.4 Å². The van der Waals surface area contributed by atoms with Gasteiger partial charge in [-0.1, -0.05) is 24.3 Å². The zero-order chi connectivity index (χ0) is 15.0. The molecule has 21 heavy (non-hydrogen) atoms. The second kappa shape index (κ2) is 5.16. The van der Waals surface area contributed by atoms with Crippen LogP contribution < -0.4 is 10.2 Å². The molecule has 0 saturated heterocycles. The number of hydrazine groups is 1. The molecule has 1 heterocycles. The van der Waals surface area contributed by atoms with Gasteiger partial charge in [-0.15, -0.1) is 0 Å². The Kier molecular flexibility index (Phi) is 3.32. The molecule has 0 atom stereocenters. The first-order chi connectivity index (χ1) is 10.2. The molecule has 2 aromatic carbocycles. The smallest absolute Gasteiger partial charge is 0.276 e. The molecule has 1 aliphatic rings. The van der Waals surface area contributed by atoms with Crippen molar-refractivity contribution in [2.45, 2.75) is 0 Å². The highest BCUT2D eigenvalue weighted by atomic mass is 16.5. The van der Waals surface area contributed by atoms with Crippen LogP contribution >= 0.6 is 0 Å². The van der Waals surface area contributed by atoms with E-state index in [0.717, 1.165) is 10.4 Å². The van der Waals surface area contributed by atoms with Crippen molar-refractivity contribution in [2.75, 3.05) is 20.3 Å². The quantitative estimate of drug-likeness (QED) is 0.818. The van der Waals surface area contributed by atoms with Crippen molar-refractivity contribution in [3.05, 3.63) is 41.5 Å². The van der Waals surface area contributed by atoms with E-state index >= 15 is 0 Å². The molecular weight excluding hydrogens is 272 g/mol. The van der Waals surface area contributed by atoms with Crippen LogP contribution in [0, 0.1) is 0 Å². The fraction of sp³-hybridized carbons (Fsp3) is 0.200. The molecule has 6 heteroatoms. The molecule has 2 amide bonds. The summed E-state index contributed by atoms with van der Waals surface area (Å²) in [5.74, 6) is -0.302. The molecule has 0 aliphatic carbocycles. The highest BCUT2D eigenvalue weighted by Crippen LogP contribution is 2.35. The van der Waals surface area contributed by atoms with Crippen LogP contribution in [0.4, 0.5) is 0 Å². The fourth-order valence-corrected chi connectivity index (χ4v) is 2.54. The lowest BCUT2D eigenvalue weighted by atomic mass is 9.99. The molecule has 0 saturated carbocycles.